The van der Waals surface area contributed by atoms with Crippen molar-refractivity contribution < 1.29 is 19.1 Å². The highest BCUT2D eigenvalue weighted by Gasteiger charge is 2.28. The van der Waals surface area contributed by atoms with E-state index in [1.807, 2.05) is 78.9 Å². The van der Waals surface area contributed by atoms with Crippen molar-refractivity contribution in [3.8, 4) is 0 Å². The maximum absolute atomic E-state index is 13.6. The van der Waals surface area contributed by atoms with E-state index in [9.17, 15) is 14.4 Å². The first-order valence-electron chi connectivity index (χ1n) is 14.3. The molecule has 3 rings (SSSR count). The fourth-order valence-electron chi connectivity index (χ4n) is 4.43. The third-order valence-electron chi connectivity index (χ3n) is 6.78. The van der Waals surface area contributed by atoms with Crippen LogP contribution in [0, 0.1) is 0 Å². The van der Waals surface area contributed by atoms with Gasteiger partial charge in [0.15, 0.2) is 0 Å². The van der Waals surface area contributed by atoms with Crippen molar-refractivity contribution in [3.63, 3.8) is 0 Å². The highest BCUT2D eigenvalue weighted by molar-refractivity contribution is 5.97. The number of anilines is 1. The van der Waals surface area contributed by atoms with E-state index in [2.05, 4.69) is 16.0 Å². The average Bonchev–Trinajstić information content (AvgIpc) is 3.00. The van der Waals surface area contributed by atoms with Crippen LogP contribution in [0.1, 0.15) is 50.2 Å². The van der Waals surface area contributed by atoms with E-state index in [1.54, 1.807) is 19.1 Å². The van der Waals surface area contributed by atoms with Gasteiger partial charge in [-0.05, 0) is 62.4 Å². The summed E-state index contributed by atoms with van der Waals surface area (Å²) in [6.07, 6.45) is 3.99. The molecule has 0 spiro atoms. The zero-order valence-electron chi connectivity index (χ0n) is 23.8. The zero-order chi connectivity index (χ0) is 29.3. The van der Waals surface area contributed by atoms with Gasteiger partial charge in [0.2, 0.25) is 11.8 Å². The van der Waals surface area contributed by atoms with Crippen LogP contribution in [0.4, 0.5) is 5.69 Å². The minimum Gasteiger partial charge on any atom is -0.460 e. The monoisotopic (exact) mass is 558 g/mol. The molecule has 8 nitrogen and oxygen atoms in total. The van der Waals surface area contributed by atoms with E-state index in [0.717, 1.165) is 30.4 Å². The van der Waals surface area contributed by atoms with Gasteiger partial charge in [-0.3, -0.25) is 19.7 Å². The third-order valence-corrected chi connectivity index (χ3v) is 6.78. The first-order chi connectivity index (χ1) is 20.0. The van der Waals surface area contributed by atoms with E-state index in [4.69, 9.17) is 10.5 Å². The van der Waals surface area contributed by atoms with Gasteiger partial charge in [0, 0.05) is 5.69 Å². The van der Waals surface area contributed by atoms with E-state index in [-0.39, 0.29) is 18.4 Å². The summed E-state index contributed by atoms with van der Waals surface area (Å²) in [5.74, 6) is -1.07. The largest absolute Gasteiger partial charge is 0.460 e. The molecular formula is C33H42N4O4. The Hall–Kier alpha value is -4.01. The van der Waals surface area contributed by atoms with Crippen LogP contribution in [0.3, 0.4) is 0 Å². The lowest BCUT2D eigenvalue weighted by Crippen LogP contribution is -2.54. The number of hydrogen-bond acceptors (Lipinski definition) is 6. The molecule has 2 amide bonds. The van der Waals surface area contributed by atoms with Gasteiger partial charge in [0.25, 0.3) is 0 Å². The van der Waals surface area contributed by atoms with Crippen molar-refractivity contribution in [1.82, 2.24) is 10.6 Å². The maximum atomic E-state index is 13.6. The molecule has 0 aliphatic heterocycles. The number of ether oxygens (including phenoxy) is 1. The minimum atomic E-state index is -0.734. The summed E-state index contributed by atoms with van der Waals surface area (Å²) in [7, 11) is 0. The second-order valence-electron chi connectivity index (χ2n) is 10.1. The van der Waals surface area contributed by atoms with Gasteiger partial charge in [-0.15, -0.1) is 0 Å². The number of rotatable bonds is 17. The summed E-state index contributed by atoms with van der Waals surface area (Å²) >= 11 is 0. The lowest BCUT2D eigenvalue weighted by atomic mass is 10.0. The van der Waals surface area contributed by atoms with Crippen LogP contribution in [0.15, 0.2) is 91.0 Å². The van der Waals surface area contributed by atoms with Gasteiger partial charge in [-0.2, -0.15) is 0 Å². The number of aryl methyl sites for hydroxylation is 1. The molecular weight excluding hydrogens is 516 g/mol. The number of nitrogens with two attached hydrogens (primary N) is 1. The highest BCUT2D eigenvalue weighted by Crippen LogP contribution is 2.12. The summed E-state index contributed by atoms with van der Waals surface area (Å²) in [5, 5.41) is 9.02. The molecule has 3 aromatic carbocycles. The molecule has 0 aliphatic carbocycles. The number of carbonyl (C=O) groups excluding carboxylic acids is 3. The smallest absolute Gasteiger partial charge is 0.323 e. The lowest BCUT2D eigenvalue weighted by molar-refractivity contribution is -0.147. The SMILES string of the molecule is C[C@@H](N[C@@H](CCc1ccccc1)C(=O)N[C@@H](CCCCCN)C(=O)Nc1ccccc1)C(=O)OCc1ccccc1. The number of benzene rings is 3. The molecule has 3 atom stereocenters. The van der Waals surface area contributed by atoms with Gasteiger partial charge in [-0.25, -0.2) is 0 Å². The topological polar surface area (TPSA) is 123 Å². The van der Waals surface area contributed by atoms with Crippen molar-refractivity contribution >= 4 is 23.5 Å². The van der Waals surface area contributed by atoms with Crippen molar-refractivity contribution in [1.29, 1.82) is 0 Å². The molecule has 5 N–H and O–H groups in total. The van der Waals surface area contributed by atoms with Crippen molar-refractivity contribution in [2.75, 3.05) is 11.9 Å². The second-order valence-corrected chi connectivity index (χ2v) is 10.1. The predicted octanol–water partition coefficient (Wildman–Crippen LogP) is 4.35. The van der Waals surface area contributed by atoms with Crippen LogP contribution in [0.25, 0.3) is 0 Å². The van der Waals surface area contributed by atoms with Crippen LogP contribution >= 0.6 is 0 Å². The quantitative estimate of drug-likeness (QED) is 0.144. The molecule has 0 aromatic heterocycles. The van der Waals surface area contributed by atoms with Crippen LogP contribution < -0.4 is 21.7 Å². The van der Waals surface area contributed by atoms with Crippen molar-refractivity contribution in [3.05, 3.63) is 102 Å². The van der Waals surface area contributed by atoms with E-state index in [0.29, 0.717) is 31.5 Å². The fraction of sp³-hybridized carbons (Fsp3) is 0.364. The molecule has 8 heteroatoms. The van der Waals surface area contributed by atoms with E-state index < -0.39 is 24.1 Å². The molecule has 0 fully saturated rings. The van der Waals surface area contributed by atoms with Crippen LogP contribution in [0.5, 0.6) is 0 Å². The highest BCUT2D eigenvalue weighted by atomic mass is 16.5. The summed E-state index contributed by atoms with van der Waals surface area (Å²) in [4.78, 5) is 39.6. The molecule has 0 saturated carbocycles. The molecule has 0 radical (unpaired) electrons. The normalized spacial score (nSPS) is 13.0. The zero-order valence-corrected chi connectivity index (χ0v) is 23.8. The number of amides is 2. The van der Waals surface area contributed by atoms with Crippen LogP contribution in [0.2, 0.25) is 0 Å². The van der Waals surface area contributed by atoms with Gasteiger partial charge >= 0.3 is 5.97 Å². The number of para-hydroxylation sites is 1. The Morgan fingerprint density at radius 2 is 1.34 bits per heavy atom. The Bertz CT molecular complexity index is 1190. The third kappa shape index (κ3) is 11.6. The predicted molar refractivity (Wildman–Crippen MR) is 162 cm³/mol. The average molecular weight is 559 g/mol. The van der Waals surface area contributed by atoms with Crippen LogP contribution in [-0.4, -0.2) is 42.5 Å². The maximum Gasteiger partial charge on any atom is 0.323 e. The van der Waals surface area contributed by atoms with E-state index >= 15 is 0 Å². The number of hydrogen-bond donors (Lipinski definition) is 4. The lowest BCUT2D eigenvalue weighted by Gasteiger charge is -2.25. The van der Waals surface area contributed by atoms with Crippen molar-refractivity contribution in [2.45, 2.75) is 70.2 Å². The number of carbonyl (C=O) groups is 3. The number of esters is 1. The Balaban J connectivity index is 1.68. The summed E-state index contributed by atoms with van der Waals surface area (Å²) in [6, 6.07) is 26.3. The van der Waals surface area contributed by atoms with Gasteiger partial charge in [0.05, 0.1) is 6.04 Å². The molecule has 0 bridgehead atoms. The van der Waals surface area contributed by atoms with Crippen molar-refractivity contribution in [2.24, 2.45) is 5.73 Å². The fourth-order valence-corrected chi connectivity index (χ4v) is 4.43. The molecule has 0 unspecified atom stereocenters. The Morgan fingerprint density at radius 1 is 0.732 bits per heavy atom. The van der Waals surface area contributed by atoms with Gasteiger partial charge in [-0.1, -0.05) is 91.7 Å². The summed E-state index contributed by atoms with van der Waals surface area (Å²) < 4.78 is 5.49. The van der Waals surface area contributed by atoms with E-state index in [1.165, 1.54) is 0 Å². The Kier molecular flexibility index (Phi) is 13.6. The second kappa shape index (κ2) is 17.6. The van der Waals surface area contributed by atoms with Gasteiger partial charge < -0.3 is 21.1 Å². The number of nitrogens with one attached hydrogen (secondary N) is 3. The summed E-state index contributed by atoms with van der Waals surface area (Å²) in [5.41, 5.74) is 8.26. The standard InChI is InChI=1S/C33H42N4O4/c1-25(33(40)41-24-27-16-8-3-9-17-27)35-30(22-21-26-14-6-2-7-15-26)32(39)37-29(20-12-5-13-23-34)31(38)36-28-18-10-4-11-19-28/h2-4,6-11,14-19,25,29-30,35H,5,12-13,20-24,34H2,1H3,(H,36,38)(H,37,39)/t25-,29+,30+/m1/s1. The molecule has 41 heavy (non-hydrogen) atoms. The first-order valence-corrected chi connectivity index (χ1v) is 14.3. The molecule has 0 aliphatic rings. The summed E-state index contributed by atoms with van der Waals surface area (Å²) in [6.45, 7) is 2.41. The molecule has 0 heterocycles. The minimum absolute atomic E-state index is 0.150. The molecule has 218 valence electrons. The molecule has 3 aromatic rings. The molecule has 0 saturated heterocycles. The number of unbranched alkanes of at least 4 members (excludes halogenated alkanes) is 2. The Morgan fingerprint density at radius 3 is 1.98 bits per heavy atom. The van der Waals surface area contributed by atoms with Gasteiger partial charge in [0.1, 0.15) is 18.7 Å². The Labute approximate surface area is 243 Å². The first kappa shape index (κ1) is 31.5. The van der Waals surface area contributed by atoms with Crippen LogP contribution in [-0.2, 0) is 32.1 Å².